The fourth-order valence-electron chi connectivity index (χ4n) is 2.73. The number of aromatic amines is 1. The second-order valence-electron chi connectivity index (χ2n) is 5.33. The van der Waals surface area contributed by atoms with Crippen molar-refractivity contribution in [3.05, 3.63) is 18.0 Å². The van der Waals surface area contributed by atoms with Gasteiger partial charge in [-0.2, -0.15) is 5.10 Å². The van der Waals surface area contributed by atoms with Gasteiger partial charge in [-0.3, -0.25) is 10.1 Å². The van der Waals surface area contributed by atoms with Gasteiger partial charge in [0.05, 0.1) is 12.2 Å². The van der Waals surface area contributed by atoms with Crippen molar-refractivity contribution in [1.82, 2.24) is 20.4 Å². The maximum Gasteiger partial charge on any atom is 0.193 e. The molecule has 0 saturated carbocycles. The Morgan fingerprint density at radius 2 is 2.22 bits per heavy atom. The van der Waals surface area contributed by atoms with Gasteiger partial charge in [-0.05, 0) is 24.3 Å². The number of nitrogens with zero attached hydrogens (tertiary/aromatic N) is 3. The fourth-order valence-corrected chi connectivity index (χ4v) is 2.73. The number of likely N-dealkylation sites (tertiary alicyclic amines) is 1. The van der Waals surface area contributed by atoms with Gasteiger partial charge in [0.2, 0.25) is 0 Å². The van der Waals surface area contributed by atoms with Crippen molar-refractivity contribution in [2.75, 3.05) is 20.1 Å². The van der Waals surface area contributed by atoms with Gasteiger partial charge in [0.1, 0.15) is 0 Å². The molecule has 5 heteroatoms. The first kappa shape index (κ1) is 12.9. The second-order valence-corrected chi connectivity index (χ2v) is 5.33. The highest BCUT2D eigenvalue weighted by molar-refractivity contribution is 5.79. The van der Waals surface area contributed by atoms with Crippen molar-refractivity contribution in [3.8, 4) is 0 Å². The molecule has 0 amide bonds. The van der Waals surface area contributed by atoms with Crippen LogP contribution >= 0.6 is 0 Å². The van der Waals surface area contributed by atoms with Gasteiger partial charge in [-0.1, -0.05) is 13.8 Å². The highest BCUT2D eigenvalue weighted by Crippen LogP contribution is 2.20. The first-order chi connectivity index (χ1) is 8.69. The quantitative estimate of drug-likeness (QED) is 0.616. The number of aromatic nitrogens is 2. The Balaban J connectivity index is 1.92. The van der Waals surface area contributed by atoms with Gasteiger partial charge in [0.15, 0.2) is 5.96 Å². The molecule has 0 aromatic carbocycles. The zero-order valence-electron chi connectivity index (χ0n) is 11.5. The lowest BCUT2D eigenvalue weighted by atomic mass is 9.92. The average Bonchev–Trinajstić information content (AvgIpc) is 2.81. The number of hydrogen-bond donors (Lipinski definition) is 2. The monoisotopic (exact) mass is 249 g/mol. The summed E-state index contributed by atoms with van der Waals surface area (Å²) in [4.78, 5) is 6.73. The Morgan fingerprint density at radius 3 is 2.78 bits per heavy atom. The van der Waals surface area contributed by atoms with Crippen LogP contribution in [0.4, 0.5) is 0 Å². The third-order valence-corrected chi connectivity index (χ3v) is 3.38. The lowest BCUT2D eigenvalue weighted by Gasteiger charge is -2.37. The highest BCUT2D eigenvalue weighted by Gasteiger charge is 2.23. The summed E-state index contributed by atoms with van der Waals surface area (Å²) in [6.45, 7) is 7.54. The number of hydrogen-bond acceptors (Lipinski definition) is 2. The summed E-state index contributed by atoms with van der Waals surface area (Å²) in [7, 11) is 1.85. The lowest BCUT2D eigenvalue weighted by Crippen LogP contribution is -2.48. The second kappa shape index (κ2) is 5.89. The maximum atomic E-state index is 4.38. The van der Waals surface area contributed by atoms with E-state index in [1.807, 2.05) is 13.1 Å². The molecule has 0 radical (unpaired) electrons. The van der Waals surface area contributed by atoms with E-state index >= 15 is 0 Å². The van der Waals surface area contributed by atoms with Gasteiger partial charge in [-0.25, -0.2) is 0 Å². The molecule has 2 heterocycles. The number of rotatable bonds is 2. The number of nitrogens with one attached hydrogen (secondary N) is 2. The molecule has 2 unspecified atom stereocenters. The van der Waals surface area contributed by atoms with E-state index in [4.69, 9.17) is 0 Å². The van der Waals surface area contributed by atoms with E-state index in [2.05, 4.69) is 39.3 Å². The molecule has 0 spiro atoms. The average molecular weight is 249 g/mol. The maximum absolute atomic E-state index is 4.38. The van der Waals surface area contributed by atoms with Crippen molar-refractivity contribution in [1.29, 1.82) is 0 Å². The normalized spacial score (nSPS) is 25.3. The van der Waals surface area contributed by atoms with Gasteiger partial charge in [0.25, 0.3) is 0 Å². The largest absolute Gasteiger partial charge is 0.351 e. The smallest absolute Gasteiger partial charge is 0.193 e. The van der Waals surface area contributed by atoms with E-state index in [1.54, 1.807) is 6.20 Å². The third-order valence-electron chi connectivity index (χ3n) is 3.38. The molecule has 1 aliphatic heterocycles. The van der Waals surface area contributed by atoms with Crippen LogP contribution in [0.2, 0.25) is 0 Å². The Labute approximate surface area is 109 Å². The van der Waals surface area contributed by atoms with Gasteiger partial charge >= 0.3 is 0 Å². The van der Waals surface area contributed by atoms with Gasteiger partial charge < -0.3 is 10.2 Å². The minimum absolute atomic E-state index is 0.736. The van der Waals surface area contributed by atoms with E-state index in [1.165, 1.54) is 6.42 Å². The van der Waals surface area contributed by atoms with Crippen LogP contribution in [0, 0.1) is 11.8 Å². The number of H-pyrrole nitrogens is 1. The molecule has 1 aliphatic rings. The van der Waals surface area contributed by atoms with Crippen LogP contribution in [0.3, 0.4) is 0 Å². The fraction of sp³-hybridized carbons (Fsp3) is 0.692. The first-order valence-electron chi connectivity index (χ1n) is 6.63. The van der Waals surface area contributed by atoms with E-state index < -0.39 is 0 Å². The van der Waals surface area contributed by atoms with Crippen LogP contribution in [0.1, 0.15) is 26.0 Å². The third kappa shape index (κ3) is 3.24. The van der Waals surface area contributed by atoms with Crippen molar-refractivity contribution in [3.63, 3.8) is 0 Å². The summed E-state index contributed by atoms with van der Waals surface area (Å²) in [5.74, 6) is 2.46. The summed E-state index contributed by atoms with van der Waals surface area (Å²) < 4.78 is 0. The molecule has 1 aromatic heterocycles. The molecule has 2 atom stereocenters. The molecule has 5 nitrogen and oxygen atoms in total. The number of aliphatic imine (C=N–C) groups is 1. The molecular formula is C13H23N5. The van der Waals surface area contributed by atoms with E-state index in [0.29, 0.717) is 0 Å². The van der Waals surface area contributed by atoms with Crippen molar-refractivity contribution >= 4 is 5.96 Å². The molecule has 18 heavy (non-hydrogen) atoms. The molecule has 1 fully saturated rings. The van der Waals surface area contributed by atoms with Crippen LogP contribution in [0.5, 0.6) is 0 Å². The summed E-state index contributed by atoms with van der Waals surface area (Å²) in [5.41, 5.74) is 1.08. The van der Waals surface area contributed by atoms with Crippen LogP contribution in [-0.4, -0.2) is 41.2 Å². The lowest BCUT2D eigenvalue weighted by molar-refractivity contribution is 0.208. The molecule has 100 valence electrons. The predicted molar refractivity (Wildman–Crippen MR) is 73.3 cm³/mol. The summed E-state index contributed by atoms with van der Waals surface area (Å²) >= 11 is 0. The van der Waals surface area contributed by atoms with E-state index in [-0.39, 0.29) is 0 Å². The first-order valence-corrected chi connectivity index (χ1v) is 6.63. The summed E-state index contributed by atoms with van der Waals surface area (Å²) in [5, 5.41) is 10.3. The zero-order valence-corrected chi connectivity index (χ0v) is 11.5. The highest BCUT2D eigenvalue weighted by atomic mass is 15.3. The van der Waals surface area contributed by atoms with Crippen LogP contribution < -0.4 is 5.32 Å². The van der Waals surface area contributed by atoms with Gasteiger partial charge in [0, 0.05) is 26.3 Å². The Bertz CT molecular complexity index is 374. The molecule has 1 saturated heterocycles. The molecule has 2 rings (SSSR count). The van der Waals surface area contributed by atoms with E-state index in [0.717, 1.165) is 43.1 Å². The van der Waals surface area contributed by atoms with Gasteiger partial charge in [-0.15, -0.1) is 0 Å². The zero-order chi connectivity index (χ0) is 13.0. The summed E-state index contributed by atoms with van der Waals surface area (Å²) in [6, 6.07) is 1.97. The molecule has 1 aromatic rings. The van der Waals surface area contributed by atoms with Crippen molar-refractivity contribution < 1.29 is 0 Å². The Morgan fingerprint density at radius 1 is 1.50 bits per heavy atom. The van der Waals surface area contributed by atoms with Crippen molar-refractivity contribution in [2.45, 2.75) is 26.8 Å². The summed E-state index contributed by atoms with van der Waals surface area (Å²) in [6.07, 6.45) is 3.08. The van der Waals surface area contributed by atoms with Crippen LogP contribution in [0.15, 0.2) is 17.3 Å². The molecule has 0 aliphatic carbocycles. The molecule has 0 bridgehead atoms. The molecule has 2 N–H and O–H groups in total. The predicted octanol–water partition coefficient (Wildman–Crippen LogP) is 1.46. The number of guanidine groups is 1. The van der Waals surface area contributed by atoms with E-state index in [9.17, 15) is 0 Å². The topological polar surface area (TPSA) is 56.3 Å². The van der Waals surface area contributed by atoms with Crippen LogP contribution in [0.25, 0.3) is 0 Å². The minimum Gasteiger partial charge on any atom is -0.351 e. The Kier molecular flexibility index (Phi) is 4.23. The molecular weight excluding hydrogens is 226 g/mol. The number of piperidine rings is 1. The van der Waals surface area contributed by atoms with Crippen molar-refractivity contribution in [2.24, 2.45) is 16.8 Å². The SMILES string of the molecule is CN=C(NCc1ccn[nH]1)N1CC(C)CC(C)C1. The Hall–Kier alpha value is -1.52. The van der Waals surface area contributed by atoms with Crippen LogP contribution in [-0.2, 0) is 6.54 Å². The minimum atomic E-state index is 0.736. The standard InChI is InChI=1S/C13H23N5/c1-10-6-11(2)9-18(8-10)13(14-3)15-7-12-4-5-16-17-12/h4-5,10-11H,6-9H2,1-3H3,(H,14,15)(H,16,17).